The summed E-state index contributed by atoms with van der Waals surface area (Å²) in [6, 6.07) is 4.07. The van der Waals surface area contributed by atoms with Crippen LogP contribution in [-0.2, 0) is 0 Å². The number of amides is 2. The van der Waals surface area contributed by atoms with Crippen LogP contribution in [0, 0.1) is 5.92 Å². The van der Waals surface area contributed by atoms with Crippen LogP contribution in [0.3, 0.4) is 0 Å². The van der Waals surface area contributed by atoms with Crippen molar-refractivity contribution in [1.29, 1.82) is 0 Å². The molecule has 1 fully saturated rings. The summed E-state index contributed by atoms with van der Waals surface area (Å²) in [5.74, 6) is -0.396. The van der Waals surface area contributed by atoms with Crippen molar-refractivity contribution in [2.45, 2.75) is 19.8 Å². The normalized spacial score (nSPS) is 16.0. The molecule has 0 aromatic heterocycles. The second kappa shape index (κ2) is 6.13. The fourth-order valence-corrected chi connectivity index (χ4v) is 2.38. The van der Waals surface area contributed by atoms with Crippen LogP contribution in [0.4, 0.5) is 10.5 Å². The van der Waals surface area contributed by atoms with Gasteiger partial charge in [0.1, 0.15) is 0 Å². The van der Waals surface area contributed by atoms with Crippen molar-refractivity contribution in [2.75, 3.05) is 18.4 Å². The molecule has 1 saturated heterocycles. The van der Waals surface area contributed by atoms with E-state index >= 15 is 0 Å². The first-order valence-electron chi connectivity index (χ1n) is 6.56. The second-order valence-corrected chi connectivity index (χ2v) is 5.51. The van der Waals surface area contributed by atoms with Crippen LogP contribution in [-0.4, -0.2) is 35.1 Å². The Morgan fingerprint density at radius 3 is 2.55 bits per heavy atom. The van der Waals surface area contributed by atoms with E-state index in [9.17, 15) is 9.59 Å². The molecule has 1 aromatic rings. The van der Waals surface area contributed by atoms with Crippen molar-refractivity contribution in [1.82, 2.24) is 4.90 Å². The Kier molecular flexibility index (Phi) is 4.49. The molecule has 1 aliphatic rings. The van der Waals surface area contributed by atoms with Crippen molar-refractivity contribution >= 4 is 29.3 Å². The van der Waals surface area contributed by atoms with Crippen LogP contribution in [0.5, 0.6) is 0 Å². The molecular formula is C14H17ClN2O3. The number of rotatable bonds is 2. The van der Waals surface area contributed by atoms with Crippen molar-refractivity contribution < 1.29 is 14.7 Å². The third-order valence-electron chi connectivity index (χ3n) is 3.53. The maximum absolute atomic E-state index is 12.1. The van der Waals surface area contributed by atoms with Gasteiger partial charge in [-0.25, -0.2) is 9.59 Å². The van der Waals surface area contributed by atoms with Gasteiger partial charge in [-0.15, -0.1) is 0 Å². The predicted octanol–water partition coefficient (Wildman–Crippen LogP) is 3.30. The summed E-state index contributed by atoms with van der Waals surface area (Å²) >= 11 is 5.98. The number of anilines is 1. The molecule has 2 N–H and O–H groups in total. The average Bonchev–Trinajstić information content (AvgIpc) is 2.41. The van der Waals surface area contributed by atoms with Gasteiger partial charge >= 0.3 is 12.0 Å². The zero-order chi connectivity index (χ0) is 14.7. The number of hydrogen-bond donors (Lipinski definition) is 2. The molecule has 2 rings (SSSR count). The number of carbonyl (C=O) groups excluding carboxylic acids is 1. The molecule has 6 heteroatoms. The summed E-state index contributed by atoms with van der Waals surface area (Å²) < 4.78 is 0. The number of nitrogens with one attached hydrogen (secondary N) is 1. The number of nitrogens with zero attached hydrogens (tertiary/aromatic N) is 1. The number of halogens is 1. The van der Waals surface area contributed by atoms with Crippen LogP contribution >= 0.6 is 11.6 Å². The maximum atomic E-state index is 12.1. The third-order valence-corrected chi connectivity index (χ3v) is 3.84. The highest BCUT2D eigenvalue weighted by molar-refractivity contribution is 6.34. The monoisotopic (exact) mass is 296 g/mol. The Bertz CT molecular complexity index is 525. The van der Waals surface area contributed by atoms with Crippen molar-refractivity contribution in [3.63, 3.8) is 0 Å². The van der Waals surface area contributed by atoms with Gasteiger partial charge in [-0.05, 0) is 37.0 Å². The Morgan fingerprint density at radius 2 is 2.00 bits per heavy atom. The van der Waals surface area contributed by atoms with E-state index in [1.165, 1.54) is 18.2 Å². The number of aromatic carboxylic acids is 1. The highest BCUT2D eigenvalue weighted by Gasteiger charge is 2.20. The lowest BCUT2D eigenvalue weighted by molar-refractivity contribution is 0.0697. The standard InChI is InChI=1S/C14H17ClN2O3/c1-9-4-6-17(7-5-9)14(20)16-12-3-2-10(13(18)19)8-11(12)15/h2-3,8-9H,4-7H2,1H3,(H,16,20)(H,18,19). The van der Waals surface area contributed by atoms with E-state index in [0.717, 1.165) is 25.9 Å². The van der Waals surface area contributed by atoms with E-state index < -0.39 is 5.97 Å². The second-order valence-electron chi connectivity index (χ2n) is 5.10. The Hall–Kier alpha value is -1.75. The van der Waals surface area contributed by atoms with Gasteiger partial charge in [-0.1, -0.05) is 18.5 Å². The molecule has 0 bridgehead atoms. The SMILES string of the molecule is CC1CCN(C(=O)Nc2ccc(C(=O)O)cc2Cl)CC1. The van der Waals surface area contributed by atoms with Gasteiger partial charge in [0.05, 0.1) is 16.3 Å². The number of piperidine rings is 1. The lowest BCUT2D eigenvalue weighted by atomic mass is 10.00. The molecule has 5 nitrogen and oxygen atoms in total. The highest BCUT2D eigenvalue weighted by atomic mass is 35.5. The van der Waals surface area contributed by atoms with Crippen LogP contribution < -0.4 is 5.32 Å². The smallest absolute Gasteiger partial charge is 0.335 e. The van der Waals surface area contributed by atoms with E-state index in [-0.39, 0.29) is 16.6 Å². The van der Waals surface area contributed by atoms with Gasteiger partial charge < -0.3 is 15.3 Å². The third kappa shape index (κ3) is 3.42. The highest BCUT2D eigenvalue weighted by Crippen LogP contribution is 2.24. The lowest BCUT2D eigenvalue weighted by Gasteiger charge is -2.30. The van der Waals surface area contributed by atoms with Gasteiger partial charge in [-0.3, -0.25) is 0 Å². The van der Waals surface area contributed by atoms with Gasteiger partial charge in [0.2, 0.25) is 0 Å². The van der Waals surface area contributed by atoms with Gasteiger partial charge in [0, 0.05) is 13.1 Å². The van der Waals surface area contributed by atoms with Gasteiger partial charge in [-0.2, -0.15) is 0 Å². The van der Waals surface area contributed by atoms with Crippen LogP contribution in [0.1, 0.15) is 30.1 Å². The fourth-order valence-electron chi connectivity index (χ4n) is 2.16. The number of carboxylic acids is 1. The van der Waals surface area contributed by atoms with E-state index in [0.29, 0.717) is 11.6 Å². The molecule has 20 heavy (non-hydrogen) atoms. The molecule has 0 radical (unpaired) electrons. The Morgan fingerprint density at radius 1 is 1.35 bits per heavy atom. The first-order valence-corrected chi connectivity index (χ1v) is 6.94. The fraction of sp³-hybridized carbons (Fsp3) is 0.429. The minimum atomic E-state index is -1.05. The number of benzene rings is 1. The van der Waals surface area contributed by atoms with E-state index in [1.807, 2.05) is 0 Å². The Balaban J connectivity index is 2.02. The summed E-state index contributed by atoms with van der Waals surface area (Å²) in [7, 11) is 0. The zero-order valence-electron chi connectivity index (χ0n) is 11.2. The largest absolute Gasteiger partial charge is 0.478 e. The minimum Gasteiger partial charge on any atom is -0.478 e. The summed E-state index contributed by atoms with van der Waals surface area (Å²) in [6.07, 6.45) is 2.00. The van der Waals surface area contributed by atoms with E-state index in [1.54, 1.807) is 4.90 Å². The number of carboxylic acid groups (broad SMARTS) is 1. The van der Waals surface area contributed by atoms with Crippen LogP contribution in [0.25, 0.3) is 0 Å². The molecular weight excluding hydrogens is 280 g/mol. The summed E-state index contributed by atoms with van der Waals surface area (Å²) in [6.45, 7) is 3.65. The van der Waals surface area contributed by atoms with Crippen LogP contribution in [0.2, 0.25) is 5.02 Å². The molecule has 1 heterocycles. The topological polar surface area (TPSA) is 69.6 Å². The molecule has 0 spiro atoms. The summed E-state index contributed by atoms with van der Waals surface area (Å²) in [5.41, 5.74) is 0.528. The minimum absolute atomic E-state index is 0.0970. The van der Waals surface area contributed by atoms with E-state index in [4.69, 9.17) is 16.7 Å². The van der Waals surface area contributed by atoms with Crippen molar-refractivity contribution in [3.05, 3.63) is 28.8 Å². The first kappa shape index (κ1) is 14.7. The number of carbonyl (C=O) groups is 2. The summed E-state index contributed by atoms with van der Waals surface area (Å²) in [4.78, 5) is 24.6. The van der Waals surface area contributed by atoms with Crippen molar-refractivity contribution in [2.24, 2.45) is 5.92 Å². The molecule has 2 amide bonds. The van der Waals surface area contributed by atoms with Gasteiger partial charge in [0.15, 0.2) is 0 Å². The van der Waals surface area contributed by atoms with Gasteiger partial charge in [0.25, 0.3) is 0 Å². The first-order chi connectivity index (χ1) is 9.47. The summed E-state index contributed by atoms with van der Waals surface area (Å²) in [5, 5.41) is 11.8. The molecule has 108 valence electrons. The van der Waals surface area contributed by atoms with E-state index in [2.05, 4.69) is 12.2 Å². The molecule has 0 atom stereocenters. The number of urea groups is 1. The predicted molar refractivity (Wildman–Crippen MR) is 77.4 cm³/mol. The average molecular weight is 297 g/mol. The number of likely N-dealkylation sites (tertiary alicyclic amines) is 1. The maximum Gasteiger partial charge on any atom is 0.335 e. The quantitative estimate of drug-likeness (QED) is 0.879. The number of hydrogen-bond acceptors (Lipinski definition) is 2. The zero-order valence-corrected chi connectivity index (χ0v) is 12.0. The molecule has 0 unspecified atom stereocenters. The molecule has 0 aliphatic carbocycles. The van der Waals surface area contributed by atoms with Crippen molar-refractivity contribution in [3.8, 4) is 0 Å². The van der Waals surface area contributed by atoms with Crippen LogP contribution in [0.15, 0.2) is 18.2 Å². The molecule has 1 aromatic carbocycles. The molecule has 1 aliphatic heterocycles. The lowest BCUT2D eigenvalue weighted by Crippen LogP contribution is -2.40. The Labute approximate surface area is 122 Å². The molecule has 0 saturated carbocycles.